The van der Waals surface area contributed by atoms with Gasteiger partial charge in [0.25, 0.3) is 5.91 Å². The van der Waals surface area contributed by atoms with Crippen LogP contribution in [0.15, 0.2) is 59.5 Å². The zero-order valence-corrected chi connectivity index (χ0v) is 14.9. The molecular formula is C19H17NO2S2. The lowest BCUT2D eigenvalue weighted by Gasteiger charge is -2.14. The van der Waals surface area contributed by atoms with E-state index in [1.165, 1.54) is 17.3 Å². The van der Waals surface area contributed by atoms with Crippen LogP contribution in [0.5, 0.6) is 5.75 Å². The van der Waals surface area contributed by atoms with Crippen LogP contribution in [0, 0.1) is 6.92 Å². The maximum Gasteiger partial charge on any atom is 0.266 e. The van der Waals surface area contributed by atoms with Crippen molar-refractivity contribution in [1.29, 1.82) is 0 Å². The number of aryl methyl sites for hydroxylation is 1. The van der Waals surface area contributed by atoms with Crippen molar-refractivity contribution in [2.24, 2.45) is 0 Å². The number of hydrogen-bond donors (Lipinski definition) is 0. The molecule has 1 amide bonds. The minimum atomic E-state index is -0.0535. The van der Waals surface area contributed by atoms with Crippen molar-refractivity contribution >= 4 is 40.3 Å². The average molecular weight is 355 g/mol. The van der Waals surface area contributed by atoms with Gasteiger partial charge in [-0.2, -0.15) is 0 Å². The third kappa shape index (κ3) is 4.04. The largest absolute Gasteiger partial charge is 0.492 e. The lowest BCUT2D eigenvalue weighted by Crippen LogP contribution is -2.32. The number of rotatable bonds is 5. The van der Waals surface area contributed by atoms with Crippen molar-refractivity contribution in [3.05, 3.63) is 70.6 Å². The smallest absolute Gasteiger partial charge is 0.266 e. The molecule has 2 aromatic carbocycles. The van der Waals surface area contributed by atoms with E-state index in [1.54, 1.807) is 4.90 Å². The Balaban J connectivity index is 1.62. The molecule has 1 aliphatic heterocycles. The van der Waals surface area contributed by atoms with Gasteiger partial charge in [-0.1, -0.05) is 72.0 Å². The van der Waals surface area contributed by atoms with Crippen LogP contribution in [-0.2, 0) is 4.79 Å². The maximum absolute atomic E-state index is 12.5. The zero-order chi connectivity index (χ0) is 16.9. The highest BCUT2D eigenvalue weighted by Gasteiger charge is 2.31. The Hall–Kier alpha value is -2.11. The Morgan fingerprint density at radius 2 is 1.83 bits per heavy atom. The fraction of sp³-hybridized carbons (Fsp3) is 0.158. The predicted octanol–water partition coefficient (Wildman–Crippen LogP) is 4.28. The first kappa shape index (κ1) is 16.7. The lowest BCUT2D eigenvalue weighted by molar-refractivity contribution is -0.122. The molecule has 0 N–H and O–H groups in total. The van der Waals surface area contributed by atoms with Crippen LogP contribution in [0.1, 0.15) is 11.1 Å². The monoisotopic (exact) mass is 355 g/mol. The van der Waals surface area contributed by atoms with Crippen LogP contribution in [0.25, 0.3) is 6.08 Å². The molecule has 0 radical (unpaired) electrons. The molecule has 0 saturated carbocycles. The van der Waals surface area contributed by atoms with Crippen molar-refractivity contribution in [1.82, 2.24) is 4.90 Å². The molecule has 0 unspecified atom stereocenters. The number of thioether (sulfide) groups is 1. The summed E-state index contributed by atoms with van der Waals surface area (Å²) in [4.78, 5) is 14.8. The Morgan fingerprint density at radius 1 is 1.12 bits per heavy atom. The molecule has 0 aromatic heterocycles. The Kier molecular flexibility index (Phi) is 5.33. The summed E-state index contributed by atoms with van der Waals surface area (Å²) in [6.07, 6.45) is 1.89. The number of amides is 1. The number of ether oxygens (including phenoxy) is 1. The van der Waals surface area contributed by atoms with Gasteiger partial charge in [0.1, 0.15) is 16.7 Å². The minimum absolute atomic E-state index is 0.0535. The summed E-state index contributed by atoms with van der Waals surface area (Å²) in [6, 6.07) is 17.6. The molecule has 1 fully saturated rings. The van der Waals surface area contributed by atoms with E-state index in [4.69, 9.17) is 17.0 Å². The summed E-state index contributed by atoms with van der Waals surface area (Å²) >= 11 is 6.67. The van der Waals surface area contributed by atoms with Gasteiger partial charge in [0, 0.05) is 0 Å². The Morgan fingerprint density at radius 3 is 2.54 bits per heavy atom. The molecule has 0 spiro atoms. The number of benzene rings is 2. The second-order valence-corrected chi connectivity index (χ2v) is 7.08. The van der Waals surface area contributed by atoms with Gasteiger partial charge >= 0.3 is 0 Å². The number of nitrogens with zero attached hydrogens (tertiary/aromatic N) is 1. The normalized spacial score (nSPS) is 16.0. The summed E-state index contributed by atoms with van der Waals surface area (Å²) < 4.78 is 6.23. The first-order chi connectivity index (χ1) is 11.6. The van der Waals surface area contributed by atoms with Gasteiger partial charge in [-0.3, -0.25) is 9.69 Å². The second kappa shape index (κ2) is 7.64. The maximum atomic E-state index is 12.5. The number of thiocarbonyl (C=S) groups is 1. The van der Waals surface area contributed by atoms with Gasteiger partial charge in [0.2, 0.25) is 0 Å². The first-order valence-corrected chi connectivity index (χ1v) is 8.86. The van der Waals surface area contributed by atoms with Crippen molar-refractivity contribution in [2.45, 2.75) is 6.92 Å². The van der Waals surface area contributed by atoms with E-state index in [0.29, 0.717) is 22.4 Å². The summed E-state index contributed by atoms with van der Waals surface area (Å²) in [7, 11) is 0. The molecule has 1 aliphatic rings. The van der Waals surface area contributed by atoms with Gasteiger partial charge in [-0.15, -0.1) is 0 Å². The predicted molar refractivity (Wildman–Crippen MR) is 103 cm³/mol. The summed E-state index contributed by atoms with van der Waals surface area (Å²) in [5, 5.41) is 0. The number of carbonyl (C=O) groups is 1. The van der Waals surface area contributed by atoms with Crippen molar-refractivity contribution in [3.63, 3.8) is 0 Å². The second-order valence-electron chi connectivity index (χ2n) is 5.41. The van der Waals surface area contributed by atoms with Crippen LogP contribution in [0.2, 0.25) is 0 Å². The molecule has 1 heterocycles. The molecule has 5 heteroatoms. The van der Waals surface area contributed by atoms with Gasteiger partial charge in [0.15, 0.2) is 0 Å². The quantitative estimate of drug-likeness (QED) is 0.592. The Labute approximate surface area is 151 Å². The minimum Gasteiger partial charge on any atom is -0.492 e. The van der Waals surface area contributed by atoms with E-state index in [1.807, 2.05) is 67.6 Å². The molecule has 1 saturated heterocycles. The van der Waals surface area contributed by atoms with Crippen LogP contribution < -0.4 is 4.74 Å². The van der Waals surface area contributed by atoms with Crippen LogP contribution in [0.3, 0.4) is 0 Å². The van der Waals surface area contributed by atoms with Crippen molar-refractivity contribution in [3.8, 4) is 5.75 Å². The highest BCUT2D eigenvalue weighted by Crippen LogP contribution is 2.32. The molecule has 122 valence electrons. The molecule has 0 aliphatic carbocycles. The fourth-order valence-corrected chi connectivity index (χ4v) is 3.59. The van der Waals surface area contributed by atoms with E-state index in [0.717, 1.165) is 11.3 Å². The Bertz CT molecular complexity index is 770. The lowest BCUT2D eigenvalue weighted by atomic mass is 10.1. The highest BCUT2D eigenvalue weighted by atomic mass is 32.2. The van der Waals surface area contributed by atoms with E-state index in [9.17, 15) is 4.79 Å². The van der Waals surface area contributed by atoms with Gasteiger partial charge in [-0.25, -0.2) is 0 Å². The van der Waals surface area contributed by atoms with E-state index in [2.05, 4.69) is 0 Å². The van der Waals surface area contributed by atoms with E-state index in [-0.39, 0.29) is 5.91 Å². The zero-order valence-electron chi connectivity index (χ0n) is 13.3. The molecule has 2 aromatic rings. The van der Waals surface area contributed by atoms with Gasteiger partial charge in [0.05, 0.1) is 11.4 Å². The number of carbonyl (C=O) groups excluding carboxylic acids is 1. The van der Waals surface area contributed by atoms with Gasteiger partial charge in [-0.05, 0) is 30.7 Å². The van der Waals surface area contributed by atoms with Crippen LogP contribution in [0.4, 0.5) is 0 Å². The summed E-state index contributed by atoms with van der Waals surface area (Å²) in [5.41, 5.74) is 2.19. The van der Waals surface area contributed by atoms with E-state index >= 15 is 0 Å². The first-order valence-electron chi connectivity index (χ1n) is 7.63. The fourth-order valence-electron chi connectivity index (χ4n) is 2.28. The van der Waals surface area contributed by atoms with Crippen molar-refractivity contribution < 1.29 is 9.53 Å². The standard InChI is InChI=1S/C19H17NO2S2/c1-14-7-9-15(10-8-14)13-17-18(21)20(19(23)24-17)11-12-22-16-5-3-2-4-6-16/h2-10,13H,11-12H2,1H3/b17-13-. The summed E-state index contributed by atoms with van der Waals surface area (Å²) in [5.74, 6) is 0.736. The molecule has 3 nitrogen and oxygen atoms in total. The highest BCUT2D eigenvalue weighted by molar-refractivity contribution is 8.26. The molecule has 3 rings (SSSR count). The van der Waals surface area contributed by atoms with Crippen LogP contribution in [-0.4, -0.2) is 28.3 Å². The SMILES string of the molecule is Cc1ccc(/C=C2\SC(=S)N(CCOc3ccccc3)C2=O)cc1. The molecular weight excluding hydrogens is 338 g/mol. The van der Waals surface area contributed by atoms with Crippen molar-refractivity contribution in [2.75, 3.05) is 13.2 Å². The molecule has 0 atom stereocenters. The van der Waals surface area contributed by atoms with Crippen LogP contribution >= 0.6 is 24.0 Å². The topological polar surface area (TPSA) is 29.5 Å². The van der Waals surface area contributed by atoms with Gasteiger partial charge < -0.3 is 4.74 Å². The third-order valence-corrected chi connectivity index (χ3v) is 4.95. The average Bonchev–Trinajstić information content (AvgIpc) is 2.85. The molecule has 24 heavy (non-hydrogen) atoms. The van der Waals surface area contributed by atoms with E-state index < -0.39 is 0 Å². The number of hydrogen-bond acceptors (Lipinski definition) is 4. The molecule has 0 bridgehead atoms. The summed E-state index contributed by atoms with van der Waals surface area (Å²) in [6.45, 7) is 2.90. The number of para-hydroxylation sites is 1. The third-order valence-electron chi connectivity index (χ3n) is 3.58.